The molecule has 3 rings (SSSR count). The van der Waals surface area contributed by atoms with Crippen LogP contribution in [0.1, 0.15) is 25.0 Å². The van der Waals surface area contributed by atoms with E-state index in [9.17, 15) is 0 Å². The van der Waals surface area contributed by atoms with Gasteiger partial charge >= 0.3 is 0 Å². The van der Waals surface area contributed by atoms with Crippen molar-refractivity contribution < 1.29 is 0 Å². The monoisotopic (exact) mass is 288 g/mol. The Labute approximate surface area is 131 Å². The molecule has 2 aromatic carbocycles. The van der Waals surface area contributed by atoms with Gasteiger partial charge < -0.3 is 0 Å². The number of nitrogens with zero attached hydrogens (tertiary/aromatic N) is 1. The SMILES string of the molecule is C=C(C)C1(C)C=C(c2ccccc2)NN=C1c1ccccc1. The van der Waals surface area contributed by atoms with Crippen LogP contribution in [0.2, 0.25) is 0 Å². The summed E-state index contributed by atoms with van der Waals surface area (Å²) in [5, 5.41) is 4.67. The first-order chi connectivity index (χ1) is 10.6. The fourth-order valence-electron chi connectivity index (χ4n) is 2.67. The lowest BCUT2D eigenvalue weighted by Crippen LogP contribution is -2.34. The fourth-order valence-corrected chi connectivity index (χ4v) is 2.67. The number of nitrogens with one attached hydrogen (secondary N) is 1. The Bertz CT molecular complexity index is 742. The molecule has 1 aliphatic rings. The van der Waals surface area contributed by atoms with Crippen LogP contribution in [0.25, 0.3) is 5.70 Å². The molecule has 0 radical (unpaired) electrons. The molecular weight excluding hydrogens is 268 g/mol. The van der Waals surface area contributed by atoms with E-state index in [4.69, 9.17) is 0 Å². The van der Waals surface area contributed by atoms with Gasteiger partial charge in [0.15, 0.2) is 0 Å². The molecule has 2 aromatic rings. The molecule has 2 heteroatoms. The minimum atomic E-state index is -0.294. The summed E-state index contributed by atoms with van der Waals surface area (Å²) in [7, 11) is 0. The molecule has 0 bridgehead atoms. The number of hydrogen-bond donors (Lipinski definition) is 1. The Morgan fingerprint density at radius 3 is 2.05 bits per heavy atom. The van der Waals surface area contributed by atoms with Gasteiger partial charge in [-0.25, -0.2) is 0 Å². The van der Waals surface area contributed by atoms with Gasteiger partial charge in [-0.3, -0.25) is 5.43 Å². The van der Waals surface area contributed by atoms with Crippen molar-refractivity contribution in [2.24, 2.45) is 10.5 Å². The number of benzene rings is 2. The van der Waals surface area contributed by atoms with Crippen LogP contribution in [0.4, 0.5) is 0 Å². The van der Waals surface area contributed by atoms with E-state index in [0.717, 1.165) is 28.1 Å². The number of allylic oxidation sites excluding steroid dienone is 2. The number of rotatable bonds is 3. The second kappa shape index (κ2) is 5.64. The zero-order valence-electron chi connectivity index (χ0n) is 13.0. The summed E-state index contributed by atoms with van der Waals surface area (Å²) in [6.07, 6.45) is 2.22. The van der Waals surface area contributed by atoms with Crippen molar-refractivity contribution in [1.82, 2.24) is 5.43 Å². The van der Waals surface area contributed by atoms with Crippen LogP contribution in [-0.4, -0.2) is 5.71 Å². The second-order valence-corrected chi connectivity index (χ2v) is 5.84. The van der Waals surface area contributed by atoms with Gasteiger partial charge in [0.25, 0.3) is 0 Å². The Hall–Kier alpha value is -2.61. The third-order valence-corrected chi connectivity index (χ3v) is 4.23. The standard InChI is InChI=1S/C20H20N2/c1-15(2)20(3)14-18(16-10-6-4-7-11-16)21-22-19(20)17-12-8-5-9-13-17/h4-14,21H,1H2,2-3H3. The van der Waals surface area contributed by atoms with E-state index in [1.165, 1.54) is 0 Å². The Balaban J connectivity index is 2.07. The predicted molar refractivity (Wildman–Crippen MR) is 93.5 cm³/mol. The maximum absolute atomic E-state index is 4.67. The van der Waals surface area contributed by atoms with E-state index in [0.29, 0.717) is 0 Å². The molecule has 0 fully saturated rings. The fraction of sp³-hybridized carbons (Fsp3) is 0.150. The predicted octanol–water partition coefficient (Wildman–Crippen LogP) is 4.62. The first-order valence-electron chi connectivity index (χ1n) is 7.45. The molecular formula is C20H20N2. The van der Waals surface area contributed by atoms with E-state index >= 15 is 0 Å². The summed E-state index contributed by atoms with van der Waals surface area (Å²) in [6.45, 7) is 8.43. The quantitative estimate of drug-likeness (QED) is 0.819. The van der Waals surface area contributed by atoms with Gasteiger partial charge in [0.05, 0.1) is 16.8 Å². The van der Waals surface area contributed by atoms with Crippen LogP contribution in [0.5, 0.6) is 0 Å². The first kappa shape index (κ1) is 14.3. The average molecular weight is 288 g/mol. The van der Waals surface area contributed by atoms with Crippen LogP contribution in [0.3, 0.4) is 0 Å². The summed E-state index contributed by atoms with van der Waals surface area (Å²) in [5.41, 5.74) is 8.25. The summed E-state index contributed by atoms with van der Waals surface area (Å²) < 4.78 is 0. The number of hydrogen-bond acceptors (Lipinski definition) is 2. The summed E-state index contributed by atoms with van der Waals surface area (Å²) in [6, 6.07) is 20.5. The maximum atomic E-state index is 4.67. The van der Waals surface area contributed by atoms with E-state index < -0.39 is 0 Å². The lowest BCUT2D eigenvalue weighted by Gasteiger charge is -2.33. The van der Waals surface area contributed by atoms with E-state index in [1.54, 1.807) is 0 Å². The van der Waals surface area contributed by atoms with Crippen LogP contribution in [0.15, 0.2) is 84.0 Å². The van der Waals surface area contributed by atoms with Crippen molar-refractivity contribution in [2.75, 3.05) is 0 Å². The Morgan fingerprint density at radius 1 is 0.955 bits per heavy atom. The van der Waals surface area contributed by atoms with Gasteiger partial charge in [0.1, 0.15) is 0 Å². The van der Waals surface area contributed by atoms with Crippen molar-refractivity contribution >= 4 is 11.4 Å². The first-order valence-corrected chi connectivity index (χ1v) is 7.45. The minimum absolute atomic E-state index is 0.294. The zero-order valence-corrected chi connectivity index (χ0v) is 13.0. The van der Waals surface area contributed by atoms with Crippen LogP contribution >= 0.6 is 0 Å². The van der Waals surface area contributed by atoms with Gasteiger partial charge in [-0.1, -0.05) is 72.8 Å². The zero-order chi connectivity index (χ0) is 15.6. The molecule has 0 aliphatic carbocycles. The summed E-state index contributed by atoms with van der Waals surface area (Å²) >= 11 is 0. The molecule has 2 nitrogen and oxygen atoms in total. The molecule has 1 unspecified atom stereocenters. The highest BCUT2D eigenvalue weighted by atomic mass is 15.3. The summed E-state index contributed by atoms with van der Waals surface area (Å²) in [5.74, 6) is 0. The molecule has 0 saturated carbocycles. The summed E-state index contributed by atoms with van der Waals surface area (Å²) in [4.78, 5) is 0. The highest BCUT2D eigenvalue weighted by Gasteiger charge is 2.34. The van der Waals surface area contributed by atoms with E-state index in [2.05, 4.69) is 61.3 Å². The molecule has 110 valence electrons. The minimum Gasteiger partial charge on any atom is -0.278 e. The second-order valence-electron chi connectivity index (χ2n) is 5.84. The lowest BCUT2D eigenvalue weighted by molar-refractivity contribution is 0.685. The van der Waals surface area contributed by atoms with Gasteiger partial charge in [0.2, 0.25) is 0 Å². The van der Waals surface area contributed by atoms with Gasteiger partial charge in [-0.2, -0.15) is 5.10 Å². The van der Waals surface area contributed by atoms with Gasteiger partial charge in [-0.15, -0.1) is 0 Å². The van der Waals surface area contributed by atoms with Crippen LogP contribution < -0.4 is 5.43 Å². The highest BCUT2D eigenvalue weighted by molar-refractivity contribution is 6.09. The van der Waals surface area contributed by atoms with Crippen molar-refractivity contribution in [3.05, 3.63) is 90.0 Å². The normalized spacial score (nSPS) is 20.6. The lowest BCUT2D eigenvalue weighted by atomic mass is 9.74. The molecule has 22 heavy (non-hydrogen) atoms. The molecule has 0 amide bonds. The van der Waals surface area contributed by atoms with Crippen LogP contribution in [-0.2, 0) is 0 Å². The molecule has 0 aromatic heterocycles. The number of hydrazone groups is 1. The maximum Gasteiger partial charge on any atom is 0.0817 e. The molecule has 1 aliphatic heterocycles. The van der Waals surface area contributed by atoms with Gasteiger partial charge in [0, 0.05) is 0 Å². The smallest absolute Gasteiger partial charge is 0.0817 e. The van der Waals surface area contributed by atoms with Crippen molar-refractivity contribution in [3.63, 3.8) is 0 Å². The average Bonchev–Trinajstić information content (AvgIpc) is 2.56. The Kier molecular flexibility index (Phi) is 3.68. The topological polar surface area (TPSA) is 24.4 Å². The molecule has 0 saturated heterocycles. The largest absolute Gasteiger partial charge is 0.278 e. The molecule has 0 spiro atoms. The molecule has 1 atom stereocenters. The van der Waals surface area contributed by atoms with Crippen molar-refractivity contribution in [3.8, 4) is 0 Å². The third kappa shape index (κ3) is 2.48. The van der Waals surface area contributed by atoms with E-state index in [1.807, 2.05) is 36.4 Å². The van der Waals surface area contributed by atoms with Crippen molar-refractivity contribution in [1.29, 1.82) is 0 Å². The molecule has 1 heterocycles. The van der Waals surface area contributed by atoms with Crippen molar-refractivity contribution in [2.45, 2.75) is 13.8 Å². The van der Waals surface area contributed by atoms with Gasteiger partial charge in [-0.05, 0) is 31.1 Å². The highest BCUT2D eigenvalue weighted by Crippen LogP contribution is 2.37. The molecule has 1 N–H and O–H groups in total. The van der Waals surface area contributed by atoms with Crippen LogP contribution in [0, 0.1) is 5.41 Å². The Morgan fingerprint density at radius 2 is 1.50 bits per heavy atom. The van der Waals surface area contributed by atoms with E-state index in [-0.39, 0.29) is 5.41 Å². The third-order valence-electron chi connectivity index (χ3n) is 4.23.